The van der Waals surface area contributed by atoms with E-state index < -0.39 is 6.04 Å². The van der Waals surface area contributed by atoms with Gasteiger partial charge in [0.1, 0.15) is 6.04 Å². The normalized spacial score (nSPS) is 19.8. The number of aromatic nitrogens is 1. The molecule has 2 amide bonds. The fourth-order valence-corrected chi connectivity index (χ4v) is 4.20. The van der Waals surface area contributed by atoms with E-state index in [0.29, 0.717) is 24.8 Å². The van der Waals surface area contributed by atoms with Gasteiger partial charge in [0.25, 0.3) is 0 Å². The molecule has 1 aromatic carbocycles. The Bertz CT molecular complexity index is 800. The summed E-state index contributed by atoms with van der Waals surface area (Å²) in [4.78, 5) is 30.1. The third-order valence-electron chi connectivity index (χ3n) is 6.17. The molecular formula is C25H33N3O2. The third-order valence-corrected chi connectivity index (χ3v) is 6.17. The van der Waals surface area contributed by atoms with Crippen LogP contribution in [0.4, 0.5) is 0 Å². The van der Waals surface area contributed by atoms with Gasteiger partial charge in [-0.2, -0.15) is 0 Å². The van der Waals surface area contributed by atoms with E-state index >= 15 is 0 Å². The standard InChI is InChI=1S/C25H33N3O2/c1-18(2)20-11-13-21(14-12-20)24(29)28-23(16-19-8-4-3-5-9-19)25(30)27-17-22-10-6-7-15-26-22/h3-10,15,18,20-21,23H,11-14,16-17H2,1-2H3,(H,27,30)(H,28,29)/t20?,21?,23-/m0/s1. The van der Waals surface area contributed by atoms with Gasteiger partial charge in [-0.05, 0) is 55.2 Å². The van der Waals surface area contributed by atoms with E-state index in [1.165, 1.54) is 0 Å². The molecule has 160 valence electrons. The number of pyridine rings is 1. The van der Waals surface area contributed by atoms with Gasteiger partial charge in [0.15, 0.2) is 0 Å². The first kappa shape index (κ1) is 22.0. The lowest BCUT2D eigenvalue weighted by atomic mass is 9.76. The highest BCUT2D eigenvalue weighted by Crippen LogP contribution is 2.33. The molecule has 5 heteroatoms. The highest BCUT2D eigenvalue weighted by Gasteiger charge is 2.30. The smallest absolute Gasteiger partial charge is 0.243 e. The van der Waals surface area contributed by atoms with Gasteiger partial charge in [-0.15, -0.1) is 0 Å². The van der Waals surface area contributed by atoms with E-state index in [2.05, 4.69) is 29.5 Å². The summed E-state index contributed by atoms with van der Waals surface area (Å²) in [5.41, 5.74) is 1.82. The van der Waals surface area contributed by atoms with E-state index in [1.807, 2.05) is 48.5 Å². The van der Waals surface area contributed by atoms with Crippen molar-refractivity contribution in [2.24, 2.45) is 17.8 Å². The zero-order valence-electron chi connectivity index (χ0n) is 18.0. The van der Waals surface area contributed by atoms with Gasteiger partial charge in [-0.1, -0.05) is 50.2 Å². The molecular weight excluding hydrogens is 374 g/mol. The van der Waals surface area contributed by atoms with E-state index in [0.717, 1.165) is 36.9 Å². The van der Waals surface area contributed by atoms with Gasteiger partial charge in [-0.3, -0.25) is 14.6 Å². The second-order valence-electron chi connectivity index (χ2n) is 8.65. The maximum atomic E-state index is 13.0. The first-order valence-electron chi connectivity index (χ1n) is 11.0. The Hall–Kier alpha value is -2.69. The molecule has 0 saturated heterocycles. The first-order valence-corrected chi connectivity index (χ1v) is 11.0. The summed E-state index contributed by atoms with van der Waals surface area (Å²) in [6.45, 7) is 4.86. The molecule has 1 aliphatic rings. The summed E-state index contributed by atoms with van der Waals surface area (Å²) in [5, 5.41) is 5.98. The van der Waals surface area contributed by atoms with Crippen LogP contribution in [-0.4, -0.2) is 22.8 Å². The van der Waals surface area contributed by atoms with Crippen molar-refractivity contribution in [3.8, 4) is 0 Å². The SMILES string of the molecule is CC(C)C1CCC(C(=O)N[C@@H](Cc2ccccc2)C(=O)NCc2ccccn2)CC1. The number of benzene rings is 1. The molecule has 0 radical (unpaired) electrons. The molecule has 1 aliphatic carbocycles. The van der Waals surface area contributed by atoms with Gasteiger partial charge in [-0.25, -0.2) is 0 Å². The number of carbonyl (C=O) groups excluding carboxylic acids is 2. The molecule has 3 rings (SSSR count). The number of amides is 2. The number of hydrogen-bond acceptors (Lipinski definition) is 3. The predicted molar refractivity (Wildman–Crippen MR) is 118 cm³/mol. The molecule has 1 aromatic heterocycles. The molecule has 1 atom stereocenters. The van der Waals surface area contributed by atoms with Crippen molar-refractivity contribution in [1.82, 2.24) is 15.6 Å². The lowest BCUT2D eigenvalue weighted by Crippen LogP contribution is -2.50. The summed E-state index contributed by atoms with van der Waals surface area (Å²) in [6.07, 6.45) is 6.17. The zero-order valence-corrected chi connectivity index (χ0v) is 18.0. The zero-order chi connectivity index (χ0) is 21.3. The van der Waals surface area contributed by atoms with Gasteiger partial charge in [0, 0.05) is 18.5 Å². The van der Waals surface area contributed by atoms with Crippen molar-refractivity contribution in [2.75, 3.05) is 0 Å². The van der Waals surface area contributed by atoms with Crippen molar-refractivity contribution >= 4 is 11.8 Å². The molecule has 5 nitrogen and oxygen atoms in total. The summed E-state index contributed by atoms with van der Waals surface area (Å²) in [6, 6.07) is 14.8. The summed E-state index contributed by atoms with van der Waals surface area (Å²) in [5.74, 6) is 1.20. The maximum Gasteiger partial charge on any atom is 0.243 e. The number of nitrogens with one attached hydrogen (secondary N) is 2. The highest BCUT2D eigenvalue weighted by atomic mass is 16.2. The van der Waals surface area contributed by atoms with E-state index in [9.17, 15) is 9.59 Å². The van der Waals surface area contributed by atoms with Crippen molar-refractivity contribution in [3.05, 3.63) is 66.0 Å². The van der Waals surface area contributed by atoms with Gasteiger partial charge >= 0.3 is 0 Å². The Morgan fingerprint density at radius 1 is 1.00 bits per heavy atom. The summed E-state index contributed by atoms with van der Waals surface area (Å²) < 4.78 is 0. The molecule has 0 aliphatic heterocycles. The second-order valence-corrected chi connectivity index (χ2v) is 8.65. The fraction of sp³-hybridized carbons (Fsp3) is 0.480. The van der Waals surface area contributed by atoms with Gasteiger partial charge in [0.2, 0.25) is 11.8 Å². The Kier molecular flexibility index (Phi) is 8.00. The average Bonchev–Trinajstić information content (AvgIpc) is 2.78. The van der Waals surface area contributed by atoms with Crippen LogP contribution >= 0.6 is 0 Å². The second kappa shape index (κ2) is 10.9. The van der Waals surface area contributed by atoms with Crippen LogP contribution in [0.25, 0.3) is 0 Å². The van der Waals surface area contributed by atoms with Gasteiger partial charge < -0.3 is 10.6 Å². The lowest BCUT2D eigenvalue weighted by molar-refractivity contribution is -0.132. The Labute approximate surface area is 179 Å². The third kappa shape index (κ3) is 6.41. The van der Waals surface area contributed by atoms with Crippen LogP contribution in [0.15, 0.2) is 54.7 Å². The Morgan fingerprint density at radius 3 is 2.33 bits per heavy atom. The van der Waals surface area contributed by atoms with Gasteiger partial charge in [0.05, 0.1) is 12.2 Å². The highest BCUT2D eigenvalue weighted by molar-refractivity contribution is 5.88. The van der Waals surface area contributed by atoms with Crippen molar-refractivity contribution < 1.29 is 9.59 Å². The minimum Gasteiger partial charge on any atom is -0.349 e. The molecule has 0 unspecified atom stereocenters. The summed E-state index contributed by atoms with van der Waals surface area (Å²) in [7, 11) is 0. The quantitative estimate of drug-likeness (QED) is 0.697. The molecule has 0 spiro atoms. The molecule has 1 heterocycles. The summed E-state index contributed by atoms with van der Waals surface area (Å²) >= 11 is 0. The van der Waals surface area contributed by atoms with Crippen LogP contribution in [0.2, 0.25) is 0 Å². The molecule has 30 heavy (non-hydrogen) atoms. The van der Waals surface area contributed by atoms with Crippen LogP contribution in [0.5, 0.6) is 0 Å². The van der Waals surface area contributed by atoms with Crippen LogP contribution in [0.3, 0.4) is 0 Å². The topological polar surface area (TPSA) is 71.1 Å². The molecule has 1 saturated carbocycles. The van der Waals surface area contributed by atoms with Crippen LogP contribution in [-0.2, 0) is 22.6 Å². The average molecular weight is 408 g/mol. The Balaban J connectivity index is 1.62. The van der Waals surface area contributed by atoms with E-state index in [4.69, 9.17) is 0 Å². The van der Waals surface area contributed by atoms with Crippen LogP contribution in [0, 0.1) is 17.8 Å². The maximum absolute atomic E-state index is 13.0. The monoisotopic (exact) mass is 407 g/mol. The molecule has 2 N–H and O–H groups in total. The predicted octanol–water partition coefficient (Wildman–Crippen LogP) is 3.89. The number of rotatable bonds is 8. The Morgan fingerprint density at radius 2 is 1.70 bits per heavy atom. The minimum absolute atomic E-state index is 0.00173. The number of hydrogen-bond donors (Lipinski definition) is 2. The van der Waals surface area contributed by atoms with Crippen LogP contribution in [0.1, 0.15) is 50.8 Å². The van der Waals surface area contributed by atoms with Crippen molar-refractivity contribution in [3.63, 3.8) is 0 Å². The number of carbonyl (C=O) groups is 2. The van der Waals surface area contributed by atoms with E-state index in [-0.39, 0.29) is 17.7 Å². The first-order chi connectivity index (χ1) is 14.5. The largest absolute Gasteiger partial charge is 0.349 e. The van der Waals surface area contributed by atoms with Crippen molar-refractivity contribution in [1.29, 1.82) is 0 Å². The van der Waals surface area contributed by atoms with E-state index in [1.54, 1.807) is 6.20 Å². The fourth-order valence-electron chi connectivity index (χ4n) is 4.20. The molecule has 1 fully saturated rings. The molecule has 0 bridgehead atoms. The van der Waals surface area contributed by atoms with Crippen LogP contribution < -0.4 is 10.6 Å². The van der Waals surface area contributed by atoms with Crippen molar-refractivity contribution in [2.45, 2.75) is 58.5 Å². The minimum atomic E-state index is -0.591. The number of nitrogens with zero attached hydrogens (tertiary/aromatic N) is 1. The molecule has 2 aromatic rings. The lowest BCUT2D eigenvalue weighted by Gasteiger charge is -2.31.